The van der Waals surface area contributed by atoms with Crippen molar-refractivity contribution in [2.45, 2.75) is 52.6 Å². The molecular formula is C14H21NO7. The van der Waals surface area contributed by atoms with Crippen LogP contribution in [0.4, 0.5) is 0 Å². The summed E-state index contributed by atoms with van der Waals surface area (Å²) in [6.45, 7) is 4.99. The molecule has 124 valence electrons. The first-order chi connectivity index (χ1) is 10.2. The molecule has 0 aliphatic carbocycles. The molecule has 0 bridgehead atoms. The van der Waals surface area contributed by atoms with Gasteiger partial charge in [0.2, 0.25) is 5.91 Å². The summed E-state index contributed by atoms with van der Waals surface area (Å²) >= 11 is 0. The summed E-state index contributed by atoms with van der Waals surface area (Å²) in [6.07, 6.45) is -2.12. The van der Waals surface area contributed by atoms with Crippen LogP contribution < -0.4 is 5.32 Å². The van der Waals surface area contributed by atoms with Crippen LogP contribution in [-0.2, 0) is 33.4 Å². The van der Waals surface area contributed by atoms with Crippen molar-refractivity contribution in [2.75, 3.05) is 6.61 Å². The zero-order valence-electron chi connectivity index (χ0n) is 13.1. The van der Waals surface area contributed by atoms with Gasteiger partial charge in [-0.3, -0.25) is 19.2 Å². The highest BCUT2D eigenvalue weighted by atomic mass is 16.6. The standard InChI is InChI=1S/C14H21NO7/c1-7(16)14-11(21-10(4)19)5-13(15-8(2)17)22-12(14)6-20-9(3)18/h11-14H,5-6H2,1-4H3,(H,15,17)/t11-,12-,13-,14+/m1/s1. The van der Waals surface area contributed by atoms with Gasteiger partial charge in [-0.05, 0) is 6.92 Å². The van der Waals surface area contributed by atoms with E-state index in [-0.39, 0.29) is 24.7 Å². The van der Waals surface area contributed by atoms with Gasteiger partial charge < -0.3 is 19.5 Å². The molecule has 0 unspecified atom stereocenters. The van der Waals surface area contributed by atoms with Gasteiger partial charge in [0.15, 0.2) is 0 Å². The van der Waals surface area contributed by atoms with Gasteiger partial charge in [0.05, 0.1) is 5.92 Å². The fraction of sp³-hybridized carbons (Fsp3) is 0.714. The lowest BCUT2D eigenvalue weighted by atomic mass is 9.87. The summed E-state index contributed by atoms with van der Waals surface area (Å²) in [5.41, 5.74) is 0. The van der Waals surface area contributed by atoms with E-state index < -0.39 is 36.3 Å². The summed E-state index contributed by atoms with van der Waals surface area (Å²) in [7, 11) is 0. The number of carbonyl (C=O) groups is 4. The van der Waals surface area contributed by atoms with Crippen LogP contribution in [0.1, 0.15) is 34.1 Å². The van der Waals surface area contributed by atoms with E-state index >= 15 is 0 Å². The Labute approximate surface area is 128 Å². The van der Waals surface area contributed by atoms with Gasteiger partial charge in [-0.25, -0.2) is 0 Å². The third-order valence-electron chi connectivity index (χ3n) is 3.19. The van der Waals surface area contributed by atoms with E-state index in [1.54, 1.807) is 0 Å². The average molecular weight is 315 g/mol. The van der Waals surface area contributed by atoms with Gasteiger partial charge in [0, 0.05) is 27.2 Å². The number of hydrogen-bond acceptors (Lipinski definition) is 7. The number of Topliss-reactive ketones (excluding diaryl/α,β-unsaturated/α-hetero) is 1. The molecule has 22 heavy (non-hydrogen) atoms. The first-order valence-electron chi connectivity index (χ1n) is 6.94. The highest BCUT2D eigenvalue weighted by Gasteiger charge is 2.44. The monoisotopic (exact) mass is 315 g/mol. The third-order valence-corrected chi connectivity index (χ3v) is 3.19. The third kappa shape index (κ3) is 5.44. The van der Waals surface area contributed by atoms with Crippen molar-refractivity contribution in [1.82, 2.24) is 5.32 Å². The molecule has 0 aromatic rings. The first kappa shape index (κ1) is 18.1. The lowest BCUT2D eigenvalue weighted by Crippen LogP contribution is -2.55. The summed E-state index contributed by atoms with van der Waals surface area (Å²) in [5, 5.41) is 2.56. The molecule has 0 aromatic carbocycles. The quantitative estimate of drug-likeness (QED) is 0.708. The highest BCUT2D eigenvalue weighted by Crippen LogP contribution is 2.28. The van der Waals surface area contributed by atoms with Crippen molar-refractivity contribution >= 4 is 23.6 Å². The molecule has 1 N–H and O–H groups in total. The predicted molar refractivity (Wildman–Crippen MR) is 73.5 cm³/mol. The number of ether oxygens (including phenoxy) is 3. The second-order valence-electron chi connectivity index (χ2n) is 5.19. The minimum Gasteiger partial charge on any atom is -0.463 e. The minimum absolute atomic E-state index is 0.153. The van der Waals surface area contributed by atoms with Crippen LogP contribution in [0.15, 0.2) is 0 Å². The number of hydrogen-bond donors (Lipinski definition) is 1. The van der Waals surface area contributed by atoms with E-state index in [1.165, 1.54) is 27.7 Å². The Morgan fingerprint density at radius 1 is 1.09 bits per heavy atom. The summed E-state index contributed by atoms with van der Waals surface area (Å²) in [6, 6.07) is 0. The molecule has 4 atom stereocenters. The molecule has 1 aliphatic heterocycles. The van der Waals surface area contributed by atoms with Crippen LogP contribution >= 0.6 is 0 Å². The lowest BCUT2D eigenvalue weighted by molar-refractivity contribution is -0.191. The fourth-order valence-corrected chi connectivity index (χ4v) is 2.47. The van der Waals surface area contributed by atoms with Gasteiger partial charge in [-0.15, -0.1) is 0 Å². The van der Waals surface area contributed by atoms with Crippen LogP contribution in [0.3, 0.4) is 0 Å². The summed E-state index contributed by atoms with van der Waals surface area (Å²) in [4.78, 5) is 45.3. The number of esters is 2. The van der Waals surface area contributed by atoms with Gasteiger partial charge in [0.25, 0.3) is 0 Å². The number of rotatable bonds is 5. The molecule has 0 saturated carbocycles. The number of ketones is 1. The Bertz CT molecular complexity index is 462. The van der Waals surface area contributed by atoms with Crippen LogP contribution in [0.2, 0.25) is 0 Å². The molecule has 1 aliphatic rings. The van der Waals surface area contributed by atoms with Crippen LogP contribution in [-0.4, -0.2) is 48.7 Å². The molecule has 1 heterocycles. The normalized spacial score (nSPS) is 27.6. The smallest absolute Gasteiger partial charge is 0.302 e. The second-order valence-corrected chi connectivity index (χ2v) is 5.19. The van der Waals surface area contributed by atoms with E-state index in [9.17, 15) is 19.2 Å². The maximum atomic E-state index is 11.9. The van der Waals surface area contributed by atoms with Crippen LogP contribution in [0.25, 0.3) is 0 Å². The van der Waals surface area contributed by atoms with Crippen LogP contribution in [0.5, 0.6) is 0 Å². The molecule has 1 saturated heterocycles. The SMILES string of the molecule is CC(=O)N[C@H]1C[C@@H](OC(C)=O)[C@H](C(C)=O)[C@@H](COC(C)=O)O1. The van der Waals surface area contributed by atoms with Gasteiger partial charge in [0.1, 0.15) is 30.8 Å². The lowest BCUT2D eigenvalue weighted by Gasteiger charge is -2.39. The van der Waals surface area contributed by atoms with Crippen molar-refractivity contribution in [3.63, 3.8) is 0 Å². The zero-order valence-corrected chi connectivity index (χ0v) is 13.1. The van der Waals surface area contributed by atoms with Crippen LogP contribution in [0, 0.1) is 5.92 Å². The van der Waals surface area contributed by atoms with E-state index in [0.717, 1.165) is 0 Å². The molecule has 1 amide bonds. The number of carbonyl (C=O) groups excluding carboxylic acids is 4. The van der Waals surface area contributed by atoms with E-state index in [4.69, 9.17) is 14.2 Å². The maximum Gasteiger partial charge on any atom is 0.302 e. The largest absolute Gasteiger partial charge is 0.463 e. The maximum absolute atomic E-state index is 11.9. The number of nitrogens with one attached hydrogen (secondary N) is 1. The van der Waals surface area contributed by atoms with Crippen molar-refractivity contribution in [3.05, 3.63) is 0 Å². The summed E-state index contributed by atoms with van der Waals surface area (Å²) in [5.74, 6) is -2.38. The van der Waals surface area contributed by atoms with Gasteiger partial charge in [-0.2, -0.15) is 0 Å². The van der Waals surface area contributed by atoms with Gasteiger partial charge in [-0.1, -0.05) is 0 Å². The molecule has 8 heteroatoms. The second kappa shape index (κ2) is 7.88. The van der Waals surface area contributed by atoms with E-state index in [1.807, 2.05) is 0 Å². The first-order valence-corrected chi connectivity index (χ1v) is 6.94. The molecule has 0 aromatic heterocycles. The molecule has 1 fully saturated rings. The van der Waals surface area contributed by atoms with Crippen molar-refractivity contribution in [3.8, 4) is 0 Å². The highest BCUT2D eigenvalue weighted by molar-refractivity contribution is 5.80. The average Bonchev–Trinajstić information content (AvgIpc) is 2.33. The number of amides is 1. The molecular weight excluding hydrogens is 294 g/mol. The van der Waals surface area contributed by atoms with E-state index in [0.29, 0.717) is 0 Å². The van der Waals surface area contributed by atoms with Gasteiger partial charge >= 0.3 is 11.9 Å². The predicted octanol–water partition coefficient (Wildman–Crippen LogP) is -0.0625. The Hall–Kier alpha value is -1.96. The summed E-state index contributed by atoms with van der Waals surface area (Å²) < 4.78 is 15.7. The molecule has 8 nitrogen and oxygen atoms in total. The molecule has 1 rings (SSSR count). The van der Waals surface area contributed by atoms with Crippen molar-refractivity contribution < 1.29 is 33.4 Å². The molecule has 0 spiro atoms. The van der Waals surface area contributed by atoms with E-state index in [2.05, 4.69) is 5.32 Å². The van der Waals surface area contributed by atoms with Crippen molar-refractivity contribution in [1.29, 1.82) is 0 Å². The molecule has 0 radical (unpaired) electrons. The Morgan fingerprint density at radius 2 is 1.73 bits per heavy atom. The Kier molecular flexibility index (Phi) is 6.48. The fourth-order valence-electron chi connectivity index (χ4n) is 2.47. The Morgan fingerprint density at radius 3 is 2.18 bits per heavy atom. The zero-order chi connectivity index (χ0) is 16.9. The topological polar surface area (TPSA) is 108 Å². The minimum atomic E-state index is -0.795. The van der Waals surface area contributed by atoms with Crippen molar-refractivity contribution in [2.24, 2.45) is 5.92 Å². The Balaban J connectivity index is 2.94.